The molecule has 7 nitrogen and oxygen atoms in total. The molecule has 0 aliphatic heterocycles. The molecule has 1 unspecified atom stereocenters. The monoisotopic (exact) mass is 613 g/mol. The van der Waals surface area contributed by atoms with Gasteiger partial charge in [-0.3, -0.25) is 14.4 Å². The van der Waals surface area contributed by atoms with E-state index in [0.717, 1.165) is 16.0 Å². The highest BCUT2D eigenvalue weighted by Crippen LogP contribution is 2.37. The Morgan fingerprint density at radius 1 is 0.667 bits per heavy atom. The minimum absolute atomic E-state index is 0.104. The van der Waals surface area contributed by atoms with Crippen molar-refractivity contribution in [3.63, 3.8) is 0 Å². The standard InChI is InChI=1S/C37H31N3O4S/c1-44-31-21-17-29(18-22-31)39-37(43)34(27-13-7-3-8-14-27)45-32-23-19-30(20-24-32)38-36(42)33(25-26-11-5-2-6-12-26)40-35(41)28-15-9-4-10-16-28/h2-25,34H,1H3,(H,38,42)(H,39,43)(H,40,41)/b33-25-. The van der Waals surface area contributed by atoms with Crippen molar-refractivity contribution in [2.24, 2.45) is 0 Å². The van der Waals surface area contributed by atoms with Crippen LogP contribution in [0.4, 0.5) is 11.4 Å². The Morgan fingerprint density at radius 2 is 1.22 bits per heavy atom. The maximum absolute atomic E-state index is 13.4. The Balaban J connectivity index is 1.30. The molecule has 5 rings (SSSR count). The number of rotatable bonds is 11. The summed E-state index contributed by atoms with van der Waals surface area (Å²) in [6.45, 7) is 0. The van der Waals surface area contributed by atoms with Crippen molar-refractivity contribution in [1.82, 2.24) is 5.32 Å². The predicted molar refractivity (Wildman–Crippen MR) is 180 cm³/mol. The second-order valence-electron chi connectivity index (χ2n) is 9.89. The Hall–Kier alpha value is -5.60. The number of carbonyl (C=O) groups excluding carboxylic acids is 3. The van der Waals surface area contributed by atoms with Gasteiger partial charge in [0.15, 0.2) is 0 Å². The summed E-state index contributed by atoms with van der Waals surface area (Å²) >= 11 is 1.40. The largest absolute Gasteiger partial charge is 0.497 e. The fourth-order valence-corrected chi connectivity index (χ4v) is 5.42. The molecule has 8 heteroatoms. The molecule has 0 saturated heterocycles. The molecule has 45 heavy (non-hydrogen) atoms. The maximum Gasteiger partial charge on any atom is 0.272 e. The van der Waals surface area contributed by atoms with E-state index in [1.54, 1.807) is 73.8 Å². The topological polar surface area (TPSA) is 96.5 Å². The molecule has 1 atom stereocenters. The second kappa shape index (κ2) is 15.2. The molecule has 224 valence electrons. The first-order valence-electron chi connectivity index (χ1n) is 14.2. The Bertz CT molecular complexity index is 1760. The average Bonchev–Trinajstić information content (AvgIpc) is 3.09. The van der Waals surface area contributed by atoms with Crippen LogP contribution in [0.2, 0.25) is 0 Å². The first-order valence-corrected chi connectivity index (χ1v) is 15.1. The first kappa shape index (κ1) is 30.8. The summed E-state index contributed by atoms with van der Waals surface area (Å²) in [4.78, 5) is 40.5. The molecule has 0 aromatic heterocycles. The zero-order valence-electron chi connectivity index (χ0n) is 24.5. The Morgan fingerprint density at radius 3 is 1.84 bits per heavy atom. The number of hydrogen-bond donors (Lipinski definition) is 3. The number of benzene rings is 5. The molecule has 0 heterocycles. The summed E-state index contributed by atoms with van der Waals surface area (Å²) < 4.78 is 5.21. The SMILES string of the molecule is COc1ccc(NC(=O)C(Sc2ccc(NC(=O)/C(=C/c3ccccc3)NC(=O)c3ccccc3)cc2)c2ccccc2)cc1. The zero-order valence-corrected chi connectivity index (χ0v) is 25.3. The van der Waals surface area contributed by atoms with Crippen LogP contribution >= 0.6 is 11.8 Å². The van der Waals surface area contributed by atoms with Gasteiger partial charge in [0.05, 0.1) is 7.11 Å². The highest BCUT2D eigenvalue weighted by molar-refractivity contribution is 8.00. The van der Waals surface area contributed by atoms with Crippen LogP contribution < -0.4 is 20.7 Å². The van der Waals surface area contributed by atoms with E-state index in [1.807, 2.05) is 78.9 Å². The summed E-state index contributed by atoms with van der Waals surface area (Å²) in [5.74, 6) is -0.321. The second-order valence-corrected chi connectivity index (χ2v) is 11.1. The molecule has 0 spiro atoms. The maximum atomic E-state index is 13.4. The van der Waals surface area contributed by atoms with Crippen molar-refractivity contribution in [3.8, 4) is 5.75 Å². The van der Waals surface area contributed by atoms with Gasteiger partial charge in [-0.25, -0.2) is 0 Å². The van der Waals surface area contributed by atoms with Crippen molar-refractivity contribution in [2.75, 3.05) is 17.7 Å². The number of thioether (sulfide) groups is 1. The Labute approximate surface area is 266 Å². The lowest BCUT2D eigenvalue weighted by Gasteiger charge is -2.18. The van der Waals surface area contributed by atoms with Crippen LogP contribution in [0.25, 0.3) is 6.08 Å². The summed E-state index contributed by atoms with van der Waals surface area (Å²) in [7, 11) is 1.59. The van der Waals surface area contributed by atoms with Gasteiger partial charge < -0.3 is 20.7 Å². The van der Waals surface area contributed by atoms with Crippen molar-refractivity contribution in [3.05, 3.63) is 162 Å². The summed E-state index contributed by atoms with van der Waals surface area (Å²) in [5, 5.41) is 8.10. The van der Waals surface area contributed by atoms with Gasteiger partial charge in [-0.05, 0) is 77.9 Å². The smallest absolute Gasteiger partial charge is 0.272 e. The molecule has 0 bridgehead atoms. The first-order chi connectivity index (χ1) is 22.0. The van der Waals surface area contributed by atoms with E-state index in [9.17, 15) is 14.4 Å². The quantitative estimate of drug-likeness (QED) is 0.105. The number of methoxy groups -OCH3 is 1. The molecule has 0 fully saturated rings. The third kappa shape index (κ3) is 8.72. The van der Waals surface area contributed by atoms with E-state index in [2.05, 4.69) is 16.0 Å². The molecule has 3 N–H and O–H groups in total. The fourth-order valence-electron chi connectivity index (χ4n) is 4.39. The average molecular weight is 614 g/mol. The van der Waals surface area contributed by atoms with Crippen LogP contribution in [0, 0.1) is 0 Å². The molecule has 5 aromatic carbocycles. The predicted octanol–water partition coefficient (Wildman–Crippen LogP) is 7.58. The van der Waals surface area contributed by atoms with Gasteiger partial charge in [0, 0.05) is 21.8 Å². The van der Waals surface area contributed by atoms with E-state index in [-0.39, 0.29) is 17.5 Å². The van der Waals surface area contributed by atoms with Gasteiger partial charge >= 0.3 is 0 Å². The lowest BCUT2D eigenvalue weighted by atomic mass is 10.1. The van der Waals surface area contributed by atoms with Gasteiger partial charge in [0.2, 0.25) is 5.91 Å². The molecule has 0 aliphatic rings. The number of ether oxygens (including phenoxy) is 1. The molecule has 0 radical (unpaired) electrons. The molecule has 5 aromatic rings. The number of amides is 3. The third-order valence-electron chi connectivity index (χ3n) is 6.70. The molecular formula is C37H31N3O4S. The lowest BCUT2D eigenvalue weighted by molar-refractivity contribution is -0.116. The summed E-state index contributed by atoms with van der Waals surface area (Å²) in [6, 6.07) is 42.0. The van der Waals surface area contributed by atoms with Gasteiger partial charge in [-0.2, -0.15) is 0 Å². The van der Waals surface area contributed by atoms with E-state index in [4.69, 9.17) is 4.74 Å². The highest BCUT2D eigenvalue weighted by atomic mass is 32.2. The molecular weight excluding hydrogens is 582 g/mol. The number of carbonyl (C=O) groups is 3. The Kier molecular flexibility index (Phi) is 10.4. The number of hydrogen-bond acceptors (Lipinski definition) is 5. The number of anilines is 2. The van der Waals surface area contributed by atoms with E-state index in [0.29, 0.717) is 22.7 Å². The van der Waals surface area contributed by atoms with Crippen molar-refractivity contribution in [1.29, 1.82) is 0 Å². The van der Waals surface area contributed by atoms with Crippen LogP contribution in [0.5, 0.6) is 5.75 Å². The van der Waals surface area contributed by atoms with Crippen molar-refractivity contribution < 1.29 is 19.1 Å². The molecule has 0 saturated carbocycles. The summed E-state index contributed by atoms with van der Waals surface area (Å²) in [5.41, 5.74) is 3.37. The van der Waals surface area contributed by atoms with Crippen LogP contribution in [0.15, 0.2) is 150 Å². The van der Waals surface area contributed by atoms with E-state index >= 15 is 0 Å². The summed E-state index contributed by atoms with van der Waals surface area (Å²) in [6.07, 6.45) is 1.63. The van der Waals surface area contributed by atoms with Crippen LogP contribution in [0.3, 0.4) is 0 Å². The van der Waals surface area contributed by atoms with Crippen molar-refractivity contribution in [2.45, 2.75) is 10.1 Å². The van der Waals surface area contributed by atoms with Crippen molar-refractivity contribution >= 4 is 46.9 Å². The van der Waals surface area contributed by atoms with Crippen LogP contribution in [-0.4, -0.2) is 24.8 Å². The van der Waals surface area contributed by atoms with Gasteiger partial charge in [-0.1, -0.05) is 78.9 Å². The minimum Gasteiger partial charge on any atom is -0.497 e. The van der Waals surface area contributed by atoms with E-state index in [1.165, 1.54) is 11.8 Å². The lowest BCUT2D eigenvalue weighted by Crippen LogP contribution is -2.30. The van der Waals surface area contributed by atoms with Gasteiger partial charge in [0.1, 0.15) is 16.7 Å². The van der Waals surface area contributed by atoms with Crippen LogP contribution in [0.1, 0.15) is 26.7 Å². The fraction of sp³-hybridized carbons (Fsp3) is 0.0541. The molecule has 0 aliphatic carbocycles. The zero-order chi connectivity index (χ0) is 31.4. The third-order valence-corrected chi connectivity index (χ3v) is 7.97. The van der Waals surface area contributed by atoms with E-state index < -0.39 is 11.2 Å². The molecule has 3 amide bonds. The van der Waals surface area contributed by atoms with Gasteiger partial charge in [0.25, 0.3) is 11.8 Å². The minimum atomic E-state index is -0.526. The number of nitrogens with one attached hydrogen (secondary N) is 3. The van der Waals surface area contributed by atoms with Crippen LogP contribution in [-0.2, 0) is 9.59 Å². The van der Waals surface area contributed by atoms with Gasteiger partial charge in [-0.15, -0.1) is 11.8 Å². The normalized spacial score (nSPS) is 11.6. The highest BCUT2D eigenvalue weighted by Gasteiger charge is 2.22.